The molecule has 3 aliphatic rings. The van der Waals surface area contributed by atoms with Crippen molar-refractivity contribution in [2.24, 2.45) is 5.92 Å². The van der Waals surface area contributed by atoms with E-state index in [9.17, 15) is 4.79 Å². The van der Waals surface area contributed by atoms with Gasteiger partial charge in [0.2, 0.25) is 5.91 Å². The molecule has 1 unspecified atom stereocenters. The summed E-state index contributed by atoms with van der Waals surface area (Å²) in [5, 5.41) is 0. The Morgan fingerprint density at radius 2 is 2.18 bits per heavy atom. The Labute approximate surface area is 136 Å². The molecule has 3 fully saturated rings. The number of nitrogens with zero attached hydrogens (tertiary/aromatic N) is 3. The molecule has 4 rings (SSSR count). The summed E-state index contributed by atoms with van der Waals surface area (Å²) in [6.07, 6.45) is 10.1. The first-order valence-electron chi connectivity index (χ1n) is 8.65. The number of rotatable bonds is 4. The fraction of sp³-hybridized carbons (Fsp3) is 0.765. The molecule has 22 heavy (non-hydrogen) atoms. The summed E-state index contributed by atoms with van der Waals surface area (Å²) < 4.78 is 0. The zero-order valence-electron chi connectivity index (χ0n) is 13.2. The van der Waals surface area contributed by atoms with Gasteiger partial charge in [-0.2, -0.15) is 0 Å². The zero-order chi connectivity index (χ0) is 15.0. The van der Waals surface area contributed by atoms with E-state index in [0.29, 0.717) is 5.91 Å². The van der Waals surface area contributed by atoms with Crippen LogP contribution in [0.2, 0.25) is 0 Å². The molecule has 1 saturated carbocycles. The molecule has 120 valence electrons. The van der Waals surface area contributed by atoms with Crippen molar-refractivity contribution in [3.05, 3.63) is 16.6 Å². The van der Waals surface area contributed by atoms with E-state index < -0.39 is 0 Å². The molecule has 1 aliphatic carbocycles. The number of hydrogen-bond acceptors (Lipinski definition) is 4. The Morgan fingerprint density at radius 1 is 1.27 bits per heavy atom. The van der Waals surface area contributed by atoms with Crippen LogP contribution in [0.5, 0.6) is 0 Å². The fourth-order valence-corrected chi connectivity index (χ4v) is 4.79. The van der Waals surface area contributed by atoms with E-state index >= 15 is 0 Å². The second-order valence-corrected chi connectivity index (χ2v) is 8.24. The minimum absolute atomic E-state index is 0.124. The normalized spacial score (nSPS) is 30.2. The van der Waals surface area contributed by atoms with Crippen molar-refractivity contribution in [2.75, 3.05) is 19.6 Å². The number of carbonyl (C=O) groups is 1. The van der Waals surface area contributed by atoms with E-state index in [1.807, 2.05) is 11.7 Å². The SMILES string of the molecule is O=C1CCC2(CCCN(CC3CC3)CC2)N1Cc1cncs1. The number of carbonyl (C=O) groups excluding carboxylic acids is 1. The number of hydrogen-bond donors (Lipinski definition) is 0. The third kappa shape index (κ3) is 2.93. The highest BCUT2D eigenvalue weighted by molar-refractivity contribution is 7.09. The largest absolute Gasteiger partial charge is 0.332 e. The highest BCUT2D eigenvalue weighted by atomic mass is 32.1. The van der Waals surface area contributed by atoms with Gasteiger partial charge in [-0.15, -0.1) is 11.3 Å². The molecule has 5 heteroatoms. The predicted octanol–water partition coefficient (Wildman–Crippen LogP) is 2.90. The standard InChI is InChI=1S/C17H25N3OS/c21-16-4-6-17(20(16)12-15-10-18-13-22-15)5-1-8-19(9-7-17)11-14-2-3-14/h10,13-14H,1-9,11-12H2. The average Bonchev–Trinajstić information content (AvgIpc) is 3.15. The Hall–Kier alpha value is -0.940. The molecule has 0 radical (unpaired) electrons. The van der Waals surface area contributed by atoms with Crippen LogP contribution >= 0.6 is 11.3 Å². The lowest BCUT2D eigenvalue weighted by Gasteiger charge is -2.38. The second-order valence-electron chi connectivity index (χ2n) is 7.27. The summed E-state index contributed by atoms with van der Waals surface area (Å²) in [5.74, 6) is 1.32. The van der Waals surface area contributed by atoms with Crippen LogP contribution in [0.1, 0.15) is 49.8 Å². The molecule has 0 aromatic carbocycles. The molecule has 1 atom stereocenters. The summed E-state index contributed by atoms with van der Waals surface area (Å²) in [5.41, 5.74) is 1.99. The first-order chi connectivity index (χ1) is 10.8. The lowest BCUT2D eigenvalue weighted by Crippen LogP contribution is -2.45. The Morgan fingerprint density at radius 3 is 2.95 bits per heavy atom. The van der Waals surface area contributed by atoms with Gasteiger partial charge in [-0.1, -0.05) is 0 Å². The molecule has 4 nitrogen and oxygen atoms in total. The first-order valence-corrected chi connectivity index (χ1v) is 9.53. The van der Waals surface area contributed by atoms with Gasteiger partial charge in [-0.05, 0) is 51.0 Å². The van der Waals surface area contributed by atoms with Gasteiger partial charge in [0.15, 0.2) is 0 Å². The van der Waals surface area contributed by atoms with Crippen molar-refractivity contribution in [2.45, 2.75) is 57.0 Å². The average molecular weight is 319 g/mol. The van der Waals surface area contributed by atoms with Crippen LogP contribution in [0.25, 0.3) is 0 Å². The monoisotopic (exact) mass is 319 g/mol. The Kier molecular flexibility index (Phi) is 3.95. The molecule has 1 spiro atoms. The van der Waals surface area contributed by atoms with Gasteiger partial charge >= 0.3 is 0 Å². The van der Waals surface area contributed by atoms with Crippen LogP contribution < -0.4 is 0 Å². The molecule has 0 N–H and O–H groups in total. The number of amides is 1. The molecule has 2 saturated heterocycles. The van der Waals surface area contributed by atoms with E-state index in [0.717, 1.165) is 31.7 Å². The second kappa shape index (κ2) is 5.93. The molecule has 1 aromatic rings. The van der Waals surface area contributed by atoms with Gasteiger partial charge in [0.05, 0.1) is 12.1 Å². The molecule has 1 aromatic heterocycles. The van der Waals surface area contributed by atoms with Crippen LogP contribution in [-0.4, -0.2) is 45.9 Å². The zero-order valence-corrected chi connectivity index (χ0v) is 14.0. The lowest BCUT2D eigenvalue weighted by molar-refractivity contribution is -0.132. The number of thiazole rings is 1. The van der Waals surface area contributed by atoms with E-state index in [-0.39, 0.29) is 5.54 Å². The van der Waals surface area contributed by atoms with Gasteiger partial charge in [0, 0.05) is 36.1 Å². The van der Waals surface area contributed by atoms with Crippen LogP contribution in [-0.2, 0) is 11.3 Å². The smallest absolute Gasteiger partial charge is 0.223 e. The van der Waals surface area contributed by atoms with Crippen LogP contribution in [0.3, 0.4) is 0 Å². The van der Waals surface area contributed by atoms with E-state index in [1.54, 1.807) is 11.3 Å². The number of aromatic nitrogens is 1. The van der Waals surface area contributed by atoms with Crippen molar-refractivity contribution in [3.8, 4) is 0 Å². The first kappa shape index (κ1) is 14.6. The highest BCUT2D eigenvalue weighted by Gasteiger charge is 2.45. The quantitative estimate of drug-likeness (QED) is 0.856. The van der Waals surface area contributed by atoms with Crippen molar-refractivity contribution in [1.82, 2.24) is 14.8 Å². The maximum absolute atomic E-state index is 12.5. The van der Waals surface area contributed by atoms with E-state index in [2.05, 4.69) is 14.8 Å². The predicted molar refractivity (Wildman–Crippen MR) is 87.6 cm³/mol. The summed E-state index contributed by atoms with van der Waals surface area (Å²) in [4.78, 5) is 22.7. The van der Waals surface area contributed by atoms with Gasteiger partial charge in [-0.3, -0.25) is 9.78 Å². The van der Waals surface area contributed by atoms with Crippen molar-refractivity contribution >= 4 is 17.2 Å². The van der Waals surface area contributed by atoms with Gasteiger partial charge in [0.1, 0.15) is 0 Å². The third-order valence-electron chi connectivity index (χ3n) is 5.70. The lowest BCUT2D eigenvalue weighted by atomic mass is 9.87. The summed E-state index contributed by atoms with van der Waals surface area (Å²) in [7, 11) is 0. The molecule has 1 amide bonds. The van der Waals surface area contributed by atoms with Gasteiger partial charge in [-0.25, -0.2) is 0 Å². The van der Waals surface area contributed by atoms with Crippen LogP contribution in [0.4, 0.5) is 0 Å². The van der Waals surface area contributed by atoms with Crippen LogP contribution in [0.15, 0.2) is 11.7 Å². The minimum Gasteiger partial charge on any atom is -0.332 e. The maximum atomic E-state index is 12.5. The Bertz CT molecular complexity index is 528. The van der Waals surface area contributed by atoms with Gasteiger partial charge < -0.3 is 9.80 Å². The topological polar surface area (TPSA) is 36.4 Å². The van der Waals surface area contributed by atoms with E-state index in [1.165, 1.54) is 50.2 Å². The third-order valence-corrected chi connectivity index (χ3v) is 6.46. The molecular formula is C17H25N3OS. The molecule has 0 bridgehead atoms. The van der Waals surface area contributed by atoms with Crippen molar-refractivity contribution < 1.29 is 4.79 Å². The van der Waals surface area contributed by atoms with Crippen molar-refractivity contribution in [3.63, 3.8) is 0 Å². The van der Waals surface area contributed by atoms with E-state index in [4.69, 9.17) is 0 Å². The fourth-order valence-electron chi connectivity index (χ4n) is 4.21. The molecule has 3 heterocycles. The summed E-state index contributed by atoms with van der Waals surface area (Å²) in [6.45, 7) is 4.45. The van der Waals surface area contributed by atoms with Gasteiger partial charge in [0.25, 0.3) is 0 Å². The molecular weight excluding hydrogens is 294 g/mol. The summed E-state index contributed by atoms with van der Waals surface area (Å²) in [6, 6.07) is 0. The van der Waals surface area contributed by atoms with Crippen molar-refractivity contribution in [1.29, 1.82) is 0 Å². The highest BCUT2D eigenvalue weighted by Crippen LogP contribution is 2.41. The maximum Gasteiger partial charge on any atom is 0.223 e. The summed E-state index contributed by atoms with van der Waals surface area (Å²) >= 11 is 1.67. The Balaban J connectivity index is 1.46. The minimum atomic E-state index is 0.124. The number of likely N-dealkylation sites (tertiary alicyclic amines) is 2. The van der Waals surface area contributed by atoms with Crippen LogP contribution in [0, 0.1) is 5.92 Å². The molecule has 2 aliphatic heterocycles.